The van der Waals surface area contributed by atoms with Crippen LogP contribution in [0.1, 0.15) is 105 Å². The average molecular weight is 347 g/mol. The molecule has 0 bridgehead atoms. The Kier molecular flexibility index (Phi) is 7.80. The van der Waals surface area contributed by atoms with Gasteiger partial charge in [0.25, 0.3) is 0 Å². The SMILES string of the molecule is CC(C)CCCCCCc1cc(C2CCCCC2)cc(C(=O)O)c1O. The van der Waals surface area contributed by atoms with E-state index in [0.29, 0.717) is 5.92 Å². The zero-order chi connectivity index (χ0) is 18.2. The van der Waals surface area contributed by atoms with Crippen LogP contribution in [0.2, 0.25) is 0 Å². The summed E-state index contributed by atoms with van der Waals surface area (Å²) in [6.45, 7) is 4.50. The second kappa shape index (κ2) is 9.84. The molecule has 0 amide bonds. The highest BCUT2D eigenvalue weighted by Crippen LogP contribution is 2.36. The van der Waals surface area contributed by atoms with E-state index in [4.69, 9.17) is 0 Å². The summed E-state index contributed by atoms with van der Waals surface area (Å²) >= 11 is 0. The van der Waals surface area contributed by atoms with Gasteiger partial charge < -0.3 is 10.2 Å². The van der Waals surface area contributed by atoms with Gasteiger partial charge in [-0.1, -0.05) is 64.9 Å². The summed E-state index contributed by atoms with van der Waals surface area (Å²) in [5.41, 5.74) is 2.02. The molecule has 3 heteroatoms. The fourth-order valence-corrected chi connectivity index (χ4v) is 3.97. The minimum Gasteiger partial charge on any atom is -0.507 e. The van der Waals surface area contributed by atoms with Crippen molar-refractivity contribution in [2.45, 2.75) is 90.4 Å². The number of benzene rings is 1. The standard InChI is InChI=1S/C22H34O3/c1-16(2)10-6-3-4-7-13-18-14-19(17-11-8-5-9-12-17)15-20(21(18)23)22(24)25/h14-17,23H,3-13H2,1-2H3,(H,24,25). The van der Waals surface area contributed by atoms with Crippen LogP contribution >= 0.6 is 0 Å². The second-order valence-electron chi connectivity index (χ2n) is 8.06. The lowest BCUT2D eigenvalue weighted by molar-refractivity contribution is 0.0693. The second-order valence-corrected chi connectivity index (χ2v) is 8.06. The third kappa shape index (κ3) is 6.05. The number of unbranched alkanes of at least 4 members (excludes halogenated alkanes) is 3. The van der Waals surface area contributed by atoms with E-state index >= 15 is 0 Å². The summed E-state index contributed by atoms with van der Waals surface area (Å²) in [6, 6.07) is 3.78. The maximum absolute atomic E-state index is 11.5. The monoisotopic (exact) mass is 346 g/mol. The van der Waals surface area contributed by atoms with Gasteiger partial charge in [0, 0.05) is 0 Å². The molecule has 0 unspecified atom stereocenters. The van der Waals surface area contributed by atoms with E-state index in [-0.39, 0.29) is 11.3 Å². The van der Waals surface area contributed by atoms with Gasteiger partial charge in [-0.3, -0.25) is 0 Å². The molecular formula is C22H34O3. The fraction of sp³-hybridized carbons (Fsp3) is 0.682. The van der Waals surface area contributed by atoms with E-state index in [9.17, 15) is 15.0 Å². The number of hydrogen-bond donors (Lipinski definition) is 2. The van der Waals surface area contributed by atoms with Crippen LogP contribution in [0.3, 0.4) is 0 Å². The minimum atomic E-state index is -1.02. The Morgan fingerprint density at radius 1 is 1.08 bits per heavy atom. The zero-order valence-corrected chi connectivity index (χ0v) is 15.9. The molecule has 140 valence electrons. The fourth-order valence-electron chi connectivity index (χ4n) is 3.97. The molecular weight excluding hydrogens is 312 g/mol. The van der Waals surface area contributed by atoms with Gasteiger partial charge in [-0.2, -0.15) is 0 Å². The summed E-state index contributed by atoms with van der Waals surface area (Å²) < 4.78 is 0. The molecule has 0 radical (unpaired) electrons. The lowest BCUT2D eigenvalue weighted by Gasteiger charge is -2.23. The van der Waals surface area contributed by atoms with Crippen LogP contribution in [-0.4, -0.2) is 16.2 Å². The van der Waals surface area contributed by atoms with Crippen LogP contribution in [0.25, 0.3) is 0 Å². The Morgan fingerprint density at radius 2 is 1.76 bits per heavy atom. The van der Waals surface area contributed by atoms with Gasteiger partial charge in [-0.15, -0.1) is 0 Å². The lowest BCUT2D eigenvalue weighted by atomic mass is 9.82. The number of carboxylic acid groups (broad SMARTS) is 1. The Balaban J connectivity index is 2.02. The van der Waals surface area contributed by atoms with E-state index in [1.165, 1.54) is 38.5 Å². The highest BCUT2D eigenvalue weighted by molar-refractivity contribution is 5.91. The summed E-state index contributed by atoms with van der Waals surface area (Å²) in [7, 11) is 0. The van der Waals surface area contributed by atoms with E-state index in [0.717, 1.165) is 49.1 Å². The van der Waals surface area contributed by atoms with Crippen molar-refractivity contribution in [1.82, 2.24) is 0 Å². The molecule has 2 rings (SSSR count). The van der Waals surface area contributed by atoms with Crippen LogP contribution in [0.5, 0.6) is 5.75 Å². The van der Waals surface area contributed by atoms with Crippen LogP contribution in [0.4, 0.5) is 0 Å². The Morgan fingerprint density at radius 3 is 2.40 bits per heavy atom. The first-order chi connectivity index (χ1) is 12.0. The smallest absolute Gasteiger partial charge is 0.339 e. The maximum Gasteiger partial charge on any atom is 0.339 e. The lowest BCUT2D eigenvalue weighted by Crippen LogP contribution is -2.08. The van der Waals surface area contributed by atoms with Crippen LogP contribution in [0.15, 0.2) is 12.1 Å². The van der Waals surface area contributed by atoms with Crippen molar-refractivity contribution < 1.29 is 15.0 Å². The van der Waals surface area contributed by atoms with Crippen molar-refractivity contribution in [1.29, 1.82) is 0 Å². The highest BCUT2D eigenvalue weighted by atomic mass is 16.4. The average Bonchev–Trinajstić information content (AvgIpc) is 2.59. The topological polar surface area (TPSA) is 57.5 Å². The van der Waals surface area contributed by atoms with Crippen molar-refractivity contribution in [3.63, 3.8) is 0 Å². The number of carbonyl (C=O) groups is 1. The number of rotatable bonds is 9. The number of aryl methyl sites for hydroxylation is 1. The third-order valence-corrected chi connectivity index (χ3v) is 5.50. The number of aromatic hydroxyl groups is 1. The van der Waals surface area contributed by atoms with Crippen LogP contribution in [-0.2, 0) is 6.42 Å². The van der Waals surface area contributed by atoms with Crippen molar-refractivity contribution >= 4 is 5.97 Å². The summed E-state index contributed by atoms with van der Waals surface area (Å²) in [4.78, 5) is 11.5. The molecule has 1 aliphatic carbocycles. The van der Waals surface area contributed by atoms with E-state index in [2.05, 4.69) is 19.9 Å². The van der Waals surface area contributed by atoms with E-state index in [1.807, 2.05) is 0 Å². The molecule has 0 atom stereocenters. The minimum absolute atomic E-state index is 0.0192. The van der Waals surface area contributed by atoms with Crippen LogP contribution < -0.4 is 0 Å². The van der Waals surface area contributed by atoms with Crippen molar-refractivity contribution in [3.8, 4) is 5.75 Å². The van der Waals surface area contributed by atoms with Gasteiger partial charge in [0.2, 0.25) is 0 Å². The number of aromatic carboxylic acids is 1. The maximum atomic E-state index is 11.5. The van der Waals surface area contributed by atoms with Gasteiger partial charge in [-0.25, -0.2) is 4.79 Å². The molecule has 1 aliphatic rings. The Bertz CT molecular complexity index is 557. The van der Waals surface area contributed by atoms with E-state index in [1.54, 1.807) is 6.07 Å². The third-order valence-electron chi connectivity index (χ3n) is 5.50. The van der Waals surface area contributed by atoms with Crippen LogP contribution in [0, 0.1) is 5.92 Å². The number of carboxylic acids is 1. The molecule has 0 aromatic heterocycles. The molecule has 0 saturated heterocycles. The summed E-state index contributed by atoms with van der Waals surface area (Å²) in [6.07, 6.45) is 12.7. The first-order valence-electron chi connectivity index (χ1n) is 10.1. The molecule has 1 aromatic carbocycles. The van der Waals surface area contributed by atoms with E-state index < -0.39 is 5.97 Å². The number of hydrogen-bond acceptors (Lipinski definition) is 2. The van der Waals surface area contributed by atoms with Gasteiger partial charge in [0.15, 0.2) is 0 Å². The normalized spacial score (nSPS) is 15.6. The molecule has 0 spiro atoms. The highest BCUT2D eigenvalue weighted by Gasteiger charge is 2.21. The molecule has 3 nitrogen and oxygen atoms in total. The van der Waals surface area contributed by atoms with Gasteiger partial charge in [0.05, 0.1) is 0 Å². The largest absolute Gasteiger partial charge is 0.507 e. The van der Waals surface area contributed by atoms with Gasteiger partial charge in [-0.05, 0) is 54.7 Å². The molecule has 25 heavy (non-hydrogen) atoms. The molecule has 2 N–H and O–H groups in total. The van der Waals surface area contributed by atoms with Gasteiger partial charge in [0.1, 0.15) is 11.3 Å². The molecule has 0 aliphatic heterocycles. The summed E-state index contributed by atoms with van der Waals surface area (Å²) in [5, 5.41) is 19.8. The summed E-state index contributed by atoms with van der Waals surface area (Å²) in [5.74, 6) is 0.175. The van der Waals surface area contributed by atoms with Gasteiger partial charge >= 0.3 is 5.97 Å². The molecule has 0 heterocycles. The molecule has 1 aromatic rings. The Hall–Kier alpha value is -1.51. The quantitative estimate of drug-likeness (QED) is 0.517. The first-order valence-corrected chi connectivity index (χ1v) is 10.1. The first kappa shape index (κ1) is 19.8. The van der Waals surface area contributed by atoms with Crippen molar-refractivity contribution in [2.24, 2.45) is 5.92 Å². The predicted molar refractivity (Wildman–Crippen MR) is 103 cm³/mol. The van der Waals surface area contributed by atoms with Crippen molar-refractivity contribution in [2.75, 3.05) is 0 Å². The number of phenols is 1. The van der Waals surface area contributed by atoms with Crippen molar-refractivity contribution in [3.05, 3.63) is 28.8 Å². The predicted octanol–water partition coefficient (Wildman–Crippen LogP) is 6.29. The molecule has 1 saturated carbocycles. The molecule has 1 fully saturated rings. The zero-order valence-electron chi connectivity index (χ0n) is 15.9. The Labute approximate surface area is 152 Å².